The lowest BCUT2D eigenvalue weighted by Crippen LogP contribution is -2.24. The molecule has 30 heavy (non-hydrogen) atoms. The molecule has 1 aliphatic rings. The van der Waals surface area contributed by atoms with Crippen molar-refractivity contribution in [2.24, 2.45) is 0 Å². The molecule has 4 rings (SSSR count). The van der Waals surface area contributed by atoms with Gasteiger partial charge >= 0.3 is 0 Å². The molecule has 0 aromatic heterocycles. The van der Waals surface area contributed by atoms with E-state index in [2.05, 4.69) is 22.6 Å². The van der Waals surface area contributed by atoms with Gasteiger partial charge in [0, 0.05) is 27.0 Å². The summed E-state index contributed by atoms with van der Waals surface area (Å²) >= 11 is 2.23. The maximum Gasteiger partial charge on any atom is 0.269 e. The summed E-state index contributed by atoms with van der Waals surface area (Å²) in [6.45, 7) is 2.02. The second-order valence-corrected chi connectivity index (χ2v) is 8.21. The summed E-state index contributed by atoms with van der Waals surface area (Å²) in [5.74, 6) is -0.134. The van der Waals surface area contributed by atoms with Crippen molar-refractivity contribution < 1.29 is 9.72 Å². The molecular formula is C24H17IN2O3. The Bertz CT molecular complexity index is 1180. The highest BCUT2D eigenvalue weighted by Crippen LogP contribution is 2.35. The van der Waals surface area contributed by atoms with Gasteiger partial charge < -0.3 is 0 Å². The van der Waals surface area contributed by atoms with Crippen LogP contribution < -0.4 is 4.90 Å². The number of aryl methyl sites for hydroxylation is 1. The van der Waals surface area contributed by atoms with Gasteiger partial charge in [-0.3, -0.25) is 19.8 Å². The van der Waals surface area contributed by atoms with Crippen LogP contribution in [0.4, 0.5) is 11.4 Å². The molecule has 0 spiro atoms. The molecular weight excluding hydrogens is 491 g/mol. The minimum atomic E-state index is -0.439. The highest BCUT2D eigenvalue weighted by Gasteiger charge is 2.30. The van der Waals surface area contributed by atoms with Gasteiger partial charge in [-0.25, -0.2) is 0 Å². The number of benzene rings is 3. The lowest BCUT2D eigenvalue weighted by molar-refractivity contribution is -0.384. The van der Waals surface area contributed by atoms with Crippen LogP contribution in [-0.2, 0) is 4.79 Å². The highest BCUT2D eigenvalue weighted by molar-refractivity contribution is 14.1. The van der Waals surface area contributed by atoms with E-state index in [4.69, 9.17) is 0 Å². The smallest absolute Gasteiger partial charge is 0.269 e. The van der Waals surface area contributed by atoms with Crippen molar-refractivity contribution in [1.82, 2.24) is 0 Å². The summed E-state index contributed by atoms with van der Waals surface area (Å²) in [5, 5.41) is 10.9. The van der Waals surface area contributed by atoms with Crippen LogP contribution in [0.1, 0.15) is 16.7 Å². The minimum absolute atomic E-state index is 0.0197. The van der Waals surface area contributed by atoms with Gasteiger partial charge in [-0.2, -0.15) is 0 Å². The first-order valence-corrected chi connectivity index (χ1v) is 10.4. The maximum atomic E-state index is 13.3. The van der Waals surface area contributed by atoms with E-state index in [1.54, 1.807) is 23.1 Å². The van der Waals surface area contributed by atoms with Crippen LogP contribution >= 0.6 is 22.6 Å². The van der Waals surface area contributed by atoms with Crippen molar-refractivity contribution in [3.05, 3.63) is 115 Å². The number of hydrogen-bond acceptors (Lipinski definition) is 3. The Labute approximate surface area is 187 Å². The summed E-state index contributed by atoms with van der Waals surface area (Å²) in [5.41, 5.74) is 4.96. The zero-order valence-electron chi connectivity index (χ0n) is 16.1. The monoisotopic (exact) mass is 508 g/mol. The van der Waals surface area contributed by atoms with Gasteiger partial charge in [-0.05, 0) is 89.2 Å². The third-order valence-corrected chi connectivity index (χ3v) is 5.56. The second kappa shape index (κ2) is 8.23. The lowest BCUT2D eigenvalue weighted by atomic mass is 10.1. The Morgan fingerprint density at radius 2 is 1.57 bits per heavy atom. The van der Waals surface area contributed by atoms with Crippen molar-refractivity contribution in [3.8, 4) is 0 Å². The van der Waals surface area contributed by atoms with Gasteiger partial charge in [0.15, 0.2) is 0 Å². The Balaban J connectivity index is 1.78. The number of halogens is 1. The first-order valence-electron chi connectivity index (χ1n) is 9.27. The number of amides is 1. The first-order chi connectivity index (χ1) is 14.4. The molecule has 0 N–H and O–H groups in total. The summed E-state index contributed by atoms with van der Waals surface area (Å²) in [6.07, 6.45) is 3.62. The molecule has 0 atom stereocenters. The molecule has 0 unspecified atom stereocenters. The molecule has 3 aromatic carbocycles. The molecule has 3 aromatic rings. The van der Waals surface area contributed by atoms with Crippen LogP contribution in [0.5, 0.6) is 0 Å². The van der Waals surface area contributed by atoms with E-state index >= 15 is 0 Å². The summed E-state index contributed by atoms with van der Waals surface area (Å²) in [7, 11) is 0. The number of carbonyl (C=O) groups is 1. The molecule has 0 aliphatic carbocycles. The number of non-ortho nitro benzene ring substituents is 1. The predicted octanol–water partition coefficient (Wildman–Crippen LogP) is 5.98. The third kappa shape index (κ3) is 4.04. The van der Waals surface area contributed by atoms with E-state index in [0.717, 1.165) is 31.6 Å². The van der Waals surface area contributed by atoms with Gasteiger partial charge in [-0.15, -0.1) is 0 Å². The molecule has 5 nitrogen and oxygen atoms in total. The molecule has 0 saturated heterocycles. The standard InChI is InChI=1S/C24H17IN2O3/c1-16-2-6-18(7-3-16)23-15-19(14-17-4-10-22(11-5-17)27(29)30)24(28)26(23)21-12-8-20(25)9-13-21/h2-15H,1H3/b19-14+. The zero-order valence-corrected chi connectivity index (χ0v) is 18.2. The number of hydrogen-bond donors (Lipinski definition) is 0. The summed E-state index contributed by atoms with van der Waals surface area (Å²) in [6, 6.07) is 22.0. The summed E-state index contributed by atoms with van der Waals surface area (Å²) < 4.78 is 1.09. The molecule has 1 aliphatic heterocycles. The van der Waals surface area contributed by atoms with E-state index in [0.29, 0.717) is 5.57 Å². The largest absolute Gasteiger partial charge is 0.276 e. The average Bonchev–Trinajstić information content (AvgIpc) is 3.06. The molecule has 0 bridgehead atoms. The Morgan fingerprint density at radius 3 is 2.17 bits per heavy atom. The number of nitro groups is 1. The SMILES string of the molecule is Cc1ccc(C2=C/C(=C\c3ccc([N+](=O)[O-])cc3)C(=O)N2c2ccc(I)cc2)cc1. The fourth-order valence-electron chi connectivity index (χ4n) is 3.27. The van der Waals surface area contributed by atoms with Crippen LogP contribution in [-0.4, -0.2) is 10.8 Å². The Kier molecular flexibility index (Phi) is 5.50. The number of carbonyl (C=O) groups excluding carboxylic acids is 1. The molecule has 0 fully saturated rings. The molecule has 0 radical (unpaired) electrons. The number of nitrogens with zero attached hydrogens (tertiary/aromatic N) is 2. The Hall–Kier alpha value is -3.26. The van der Waals surface area contributed by atoms with Gasteiger partial charge in [0.1, 0.15) is 0 Å². The second-order valence-electron chi connectivity index (χ2n) is 6.96. The van der Waals surface area contributed by atoms with Crippen molar-refractivity contribution in [3.63, 3.8) is 0 Å². The quantitative estimate of drug-likeness (QED) is 0.189. The van der Waals surface area contributed by atoms with E-state index in [1.807, 2.05) is 61.5 Å². The molecule has 0 saturated carbocycles. The molecule has 1 amide bonds. The van der Waals surface area contributed by atoms with Crippen LogP contribution in [0, 0.1) is 20.6 Å². The topological polar surface area (TPSA) is 63.5 Å². The van der Waals surface area contributed by atoms with Gasteiger partial charge in [0.05, 0.1) is 10.6 Å². The van der Waals surface area contributed by atoms with Crippen LogP contribution in [0.25, 0.3) is 11.8 Å². The van der Waals surface area contributed by atoms with Gasteiger partial charge in [0.25, 0.3) is 11.6 Å². The van der Waals surface area contributed by atoms with Crippen LogP contribution in [0.3, 0.4) is 0 Å². The van der Waals surface area contributed by atoms with Gasteiger partial charge in [0.2, 0.25) is 0 Å². The van der Waals surface area contributed by atoms with Crippen LogP contribution in [0.2, 0.25) is 0 Å². The average molecular weight is 508 g/mol. The first kappa shape index (κ1) is 20.0. The number of anilines is 1. The van der Waals surface area contributed by atoms with Crippen molar-refractivity contribution in [1.29, 1.82) is 0 Å². The molecule has 148 valence electrons. The maximum absolute atomic E-state index is 13.3. The fraction of sp³-hybridized carbons (Fsp3) is 0.0417. The molecule has 1 heterocycles. The van der Waals surface area contributed by atoms with Gasteiger partial charge in [-0.1, -0.05) is 29.8 Å². The van der Waals surface area contributed by atoms with E-state index in [9.17, 15) is 14.9 Å². The Morgan fingerprint density at radius 1 is 0.933 bits per heavy atom. The summed E-state index contributed by atoms with van der Waals surface area (Å²) in [4.78, 5) is 25.5. The highest BCUT2D eigenvalue weighted by atomic mass is 127. The lowest BCUT2D eigenvalue weighted by Gasteiger charge is -2.21. The number of rotatable bonds is 4. The van der Waals surface area contributed by atoms with E-state index in [-0.39, 0.29) is 11.6 Å². The molecule has 6 heteroatoms. The third-order valence-electron chi connectivity index (χ3n) is 4.84. The van der Waals surface area contributed by atoms with Crippen molar-refractivity contribution in [2.75, 3.05) is 4.90 Å². The minimum Gasteiger partial charge on any atom is -0.276 e. The fourth-order valence-corrected chi connectivity index (χ4v) is 3.63. The van der Waals surface area contributed by atoms with Crippen molar-refractivity contribution >= 4 is 51.6 Å². The number of nitro benzene ring substituents is 1. The van der Waals surface area contributed by atoms with E-state index in [1.165, 1.54) is 12.1 Å². The zero-order chi connectivity index (χ0) is 21.3. The van der Waals surface area contributed by atoms with E-state index < -0.39 is 4.92 Å². The van der Waals surface area contributed by atoms with Crippen LogP contribution in [0.15, 0.2) is 84.4 Å². The normalized spacial score (nSPS) is 14.9. The predicted molar refractivity (Wildman–Crippen MR) is 127 cm³/mol. The van der Waals surface area contributed by atoms with Crippen molar-refractivity contribution in [2.45, 2.75) is 6.92 Å².